The maximum Gasteiger partial charge on any atom is 0.137 e. The minimum atomic E-state index is 0.877. The Morgan fingerprint density at radius 2 is 1.08 bits per heavy atom. The highest BCUT2D eigenvalue weighted by molar-refractivity contribution is 7.25. The van der Waals surface area contributed by atoms with Crippen LogP contribution in [0.15, 0.2) is 180 Å². The van der Waals surface area contributed by atoms with Gasteiger partial charge in [0.25, 0.3) is 0 Å². The SMILES string of the molecule is c1cc(-c2cccc3sc4ccccc4c23)cc(N(c2ccc(-c3cccc4ccccc34)cc2)c2cccc3oc4ccccc4c23)c1. The summed E-state index contributed by atoms with van der Waals surface area (Å²) in [4.78, 5) is 2.38. The summed E-state index contributed by atoms with van der Waals surface area (Å²) in [6, 6.07) is 63.2. The number of benzene rings is 8. The largest absolute Gasteiger partial charge is 0.456 e. The Hall–Kier alpha value is -6.16. The zero-order valence-corrected chi connectivity index (χ0v) is 27.3. The lowest BCUT2D eigenvalue weighted by Crippen LogP contribution is -2.10. The van der Waals surface area contributed by atoms with Gasteiger partial charge in [-0.05, 0) is 87.6 Å². The molecule has 0 atom stereocenters. The highest BCUT2D eigenvalue weighted by Crippen LogP contribution is 2.45. The quantitative estimate of drug-likeness (QED) is 0.186. The first kappa shape index (κ1) is 27.9. The number of rotatable bonds is 5. The van der Waals surface area contributed by atoms with Gasteiger partial charge in [-0.2, -0.15) is 0 Å². The molecule has 0 aliphatic heterocycles. The molecule has 0 unspecified atom stereocenters. The molecular formula is C46H29NOS. The van der Waals surface area contributed by atoms with Gasteiger partial charge in [0.1, 0.15) is 11.2 Å². The van der Waals surface area contributed by atoms with Crippen molar-refractivity contribution >= 4 is 81.3 Å². The zero-order chi connectivity index (χ0) is 32.3. The molecule has 0 spiro atoms. The van der Waals surface area contributed by atoms with Gasteiger partial charge in [-0.25, -0.2) is 0 Å². The number of furan rings is 1. The number of hydrogen-bond donors (Lipinski definition) is 0. The molecule has 0 amide bonds. The molecule has 0 radical (unpaired) electrons. The summed E-state index contributed by atoms with van der Waals surface area (Å²) >= 11 is 1.86. The first-order chi connectivity index (χ1) is 24.3. The van der Waals surface area contributed by atoms with Crippen LogP contribution in [-0.2, 0) is 0 Å². The minimum Gasteiger partial charge on any atom is -0.456 e. The summed E-state index contributed by atoms with van der Waals surface area (Å²) in [7, 11) is 0. The van der Waals surface area contributed by atoms with Gasteiger partial charge in [0, 0.05) is 36.9 Å². The molecular weight excluding hydrogens is 615 g/mol. The third-order valence-electron chi connectivity index (χ3n) is 9.67. The molecule has 2 aromatic heterocycles. The fourth-order valence-electron chi connectivity index (χ4n) is 7.46. The van der Waals surface area contributed by atoms with Crippen LogP contribution in [0.5, 0.6) is 0 Å². The van der Waals surface area contributed by atoms with Gasteiger partial charge in [-0.15, -0.1) is 11.3 Å². The zero-order valence-electron chi connectivity index (χ0n) is 26.5. The van der Waals surface area contributed by atoms with E-state index in [0.717, 1.165) is 39.0 Å². The molecule has 8 aromatic carbocycles. The van der Waals surface area contributed by atoms with Crippen molar-refractivity contribution in [1.82, 2.24) is 0 Å². The molecule has 0 saturated heterocycles. The van der Waals surface area contributed by atoms with E-state index in [1.807, 2.05) is 17.4 Å². The maximum absolute atomic E-state index is 6.38. The van der Waals surface area contributed by atoms with Crippen molar-refractivity contribution in [2.75, 3.05) is 4.90 Å². The van der Waals surface area contributed by atoms with Gasteiger partial charge >= 0.3 is 0 Å². The van der Waals surface area contributed by atoms with E-state index < -0.39 is 0 Å². The molecule has 0 saturated carbocycles. The van der Waals surface area contributed by atoms with Crippen LogP contribution in [0.3, 0.4) is 0 Å². The van der Waals surface area contributed by atoms with E-state index in [1.54, 1.807) is 0 Å². The van der Waals surface area contributed by atoms with Crippen molar-refractivity contribution in [3.8, 4) is 22.3 Å². The van der Waals surface area contributed by atoms with Gasteiger partial charge in [-0.1, -0.05) is 121 Å². The number of nitrogens with zero attached hydrogens (tertiary/aromatic N) is 1. The Bertz CT molecular complexity index is 2840. The van der Waals surface area contributed by atoms with Crippen LogP contribution in [0.4, 0.5) is 17.1 Å². The van der Waals surface area contributed by atoms with Crippen molar-refractivity contribution < 1.29 is 4.42 Å². The Kier molecular flexibility index (Phi) is 6.39. The fourth-order valence-corrected chi connectivity index (χ4v) is 8.60. The molecule has 0 N–H and O–H groups in total. The van der Waals surface area contributed by atoms with Crippen LogP contribution in [0, 0.1) is 0 Å². The molecule has 0 aliphatic carbocycles. The average molecular weight is 644 g/mol. The number of para-hydroxylation sites is 1. The summed E-state index contributed by atoms with van der Waals surface area (Å²) in [5, 5.41) is 7.33. The molecule has 49 heavy (non-hydrogen) atoms. The average Bonchev–Trinajstić information content (AvgIpc) is 3.74. The number of thiophene rings is 1. The normalized spacial score (nSPS) is 11.7. The second kappa shape index (κ2) is 11.2. The molecule has 10 aromatic rings. The molecule has 0 fully saturated rings. The third-order valence-corrected chi connectivity index (χ3v) is 10.8. The fraction of sp³-hybridized carbons (Fsp3) is 0. The lowest BCUT2D eigenvalue weighted by Gasteiger charge is -2.27. The topological polar surface area (TPSA) is 16.4 Å². The Balaban J connectivity index is 1.18. The maximum atomic E-state index is 6.38. The predicted octanol–water partition coefficient (Wildman–Crippen LogP) is 13.9. The Labute approximate surface area is 287 Å². The number of hydrogen-bond acceptors (Lipinski definition) is 3. The summed E-state index contributed by atoms with van der Waals surface area (Å²) in [5.74, 6) is 0. The molecule has 3 heteroatoms. The van der Waals surface area contributed by atoms with Crippen LogP contribution in [0.25, 0.3) is 75.1 Å². The number of anilines is 3. The highest BCUT2D eigenvalue weighted by Gasteiger charge is 2.20. The van der Waals surface area contributed by atoms with Crippen LogP contribution >= 0.6 is 11.3 Å². The molecule has 2 heterocycles. The second-order valence-electron chi connectivity index (χ2n) is 12.5. The lowest BCUT2D eigenvalue weighted by atomic mass is 9.97. The van der Waals surface area contributed by atoms with Crippen LogP contribution in [0.2, 0.25) is 0 Å². The van der Waals surface area contributed by atoms with E-state index in [0.29, 0.717) is 0 Å². The van der Waals surface area contributed by atoms with E-state index in [2.05, 4.69) is 175 Å². The summed E-state index contributed by atoms with van der Waals surface area (Å²) in [6.07, 6.45) is 0. The van der Waals surface area contributed by atoms with Gasteiger partial charge in [-0.3, -0.25) is 0 Å². The smallest absolute Gasteiger partial charge is 0.137 e. The van der Waals surface area contributed by atoms with Crippen LogP contribution in [-0.4, -0.2) is 0 Å². The monoisotopic (exact) mass is 643 g/mol. The van der Waals surface area contributed by atoms with Crippen LogP contribution in [0.1, 0.15) is 0 Å². The second-order valence-corrected chi connectivity index (χ2v) is 13.6. The van der Waals surface area contributed by atoms with E-state index in [-0.39, 0.29) is 0 Å². The summed E-state index contributed by atoms with van der Waals surface area (Å²) in [6.45, 7) is 0. The predicted molar refractivity (Wildman–Crippen MR) is 210 cm³/mol. The van der Waals surface area contributed by atoms with Crippen molar-refractivity contribution in [1.29, 1.82) is 0 Å². The van der Waals surface area contributed by atoms with E-state index >= 15 is 0 Å². The molecule has 2 nitrogen and oxygen atoms in total. The Morgan fingerprint density at radius 1 is 0.408 bits per heavy atom. The van der Waals surface area contributed by atoms with Gasteiger partial charge in [0.15, 0.2) is 0 Å². The summed E-state index contributed by atoms with van der Waals surface area (Å²) < 4.78 is 9.00. The third kappa shape index (κ3) is 4.55. The van der Waals surface area contributed by atoms with Crippen molar-refractivity contribution in [2.45, 2.75) is 0 Å². The standard InChI is InChI=1S/C46H29NOS/c1-2-15-35-30(11-1)12-8-18-36(35)31-25-27-33(28-26-31)47(40-20-10-22-42-46(40)38-16-3-5-21-41(38)48-42)34-14-7-13-32(29-34)37-19-9-24-44-45(37)39-17-4-6-23-43(39)49-44/h1-29H. The van der Waals surface area contributed by atoms with Crippen LogP contribution < -0.4 is 4.90 Å². The van der Waals surface area contributed by atoms with Crippen molar-refractivity contribution in [3.63, 3.8) is 0 Å². The van der Waals surface area contributed by atoms with E-state index in [9.17, 15) is 0 Å². The van der Waals surface area contributed by atoms with E-state index in [4.69, 9.17) is 4.42 Å². The summed E-state index contributed by atoms with van der Waals surface area (Å²) in [5.41, 5.74) is 9.87. The molecule has 230 valence electrons. The molecule has 0 aliphatic rings. The Morgan fingerprint density at radius 3 is 2.00 bits per heavy atom. The minimum absolute atomic E-state index is 0.877. The first-order valence-electron chi connectivity index (χ1n) is 16.6. The lowest BCUT2D eigenvalue weighted by molar-refractivity contribution is 0.669. The van der Waals surface area contributed by atoms with Gasteiger partial charge in [0.2, 0.25) is 0 Å². The highest BCUT2D eigenvalue weighted by atomic mass is 32.1. The van der Waals surface area contributed by atoms with Gasteiger partial charge < -0.3 is 9.32 Å². The van der Waals surface area contributed by atoms with E-state index in [1.165, 1.54) is 53.2 Å². The molecule has 0 bridgehead atoms. The van der Waals surface area contributed by atoms with Crippen molar-refractivity contribution in [3.05, 3.63) is 176 Å². The van der Waals surface area contributed by atoms with Crippen molar-refractivity contribution in [2.24, 2.45) is 0 Å². The van der Waals surface area contributed by atoms with Gasteiger partial charge in [0.05, 0.1) is 11.1 Å². The first-order valence-corrected chi connectivity index (χ1v) is 17.4. The molecule has 10 rings (SSSR count). The number of fused-ring (bicyclic) bond motifs is 7.